The van der Waals surface area contributed by atoms with Crippen LogP contribution in [0.3, 0.4) is 0 Å². The van der Waals surface area contributed by atoms with Gasteiger partial charge in [-0.3, -0.25) is 4.79 Å². The maximum absolute atomic E-state index is 12.4. The van der Waals surface area contributed by atoms with Gasteiger partial charge in [-0.25, -0.2) is 9.59 Å². The molecule has 0 aliphatic carbocycles. The topological polar surface area (TPSA) is 90.9 Å². The summed E-state index contributed by atoms with van der Waals surface area (Å²) in [4.78, 5) is 36.5. The van der Waals surface area contributed by atoms with Gasteiger partial charge in [-0.05, 0) is 45.7 Å². The van der Waals surface area contributed by atoms with E-state index in [0.29, 0.717) is 17.2 Å². The summed E-state index contributed by atoms with van der Waals surface area (Å²) < 4.78 is 15.1. The van der Waals surface area contributed by atoms with Crippen molar-refractivity contribution in [3.8, 4) is 0 Å². The van der Waals surface area contributed by atoms with Gasteiger partial charge in [0.15, 0.2) is 0 Å². The molecule has 2 unspecified atom stereocenters. The molecule has 1 rings (SSSR count). The molecule has 1 aromatic rings. The summed E-state index contributed by atoms with van der Waals surface area (Å²) in [5.41, 5.74) is 0.149. The van der Waals surface area contributed by atoms with Gasteiger partial charge in [-0.2, -0.15) is 11.8 Å². The molecule has 2 atom stereocenters. The summed E-state index contributed by atoms with van der Waals surface area (Å²) in [6.07, 6.45) is -0.301. The Kier molecular flexibility index (Phi) is 11.0. The molecule has 0 saturated heterocycles. The summed E-state index contributed by atoms with van der Waals surface area (Å²) >= 11 is 7.56. The summed E-state index contributed by atoms with van der Waals surface area (Å²) in [7, 11) is 1.25. The number of nitrogens with one attached hydrogen (secondary N) is 1. The molecule has 0 spiro atoms. The average Bonchev–Trinajstić information content (AvgIpc) is 2.65. The second-order valence-electron chi connectivity index (χ2n) is 7.50. The van der Waals surface area contributed by atoms with E-state index >= 15 is 0 Å². The van der Waals surface area contributed by atoms with Gasteiger partial charge in [-0.15, -0.1) is 0 Å². The van der Waals surface area contributed by atoms with Crippen molar-refractivity contribution in [2.45, 2.75) is 45.8 Å². The monoisotopic (exact) mass is 459 g/mol. The molecule has 1 amide bonds. The number of ether oxygens (including phenoxy) is 3. The largest absolute Gasteiger partial charge is 0.467 e. The molecule has 0 radical (unpaired) electrons. The molecule has 0 heterocycles. The minimum absolute atomic E-state index is 0.213. The summed E-state index contributed by atoms with van der Waals surface area (Å²) in [5, 5.41) is 3.10. The number of benzene rings is 1. The standard InChI is InChI=1S/C21H30ClNO6S/c1-6-28-18(24)15(11-14-9-7-8-10-16(14)22)12-30-13-17(19(25)27-5)23-20(26)29-21(2,3)4/h7-10,15,17H,6,11-13H2,1-5H3,(H,23,26). The molecule has 7 nitrogen and oxygen atoms in total. The van der Waals surface area contributed by atoms with Crippen molar-refractivity contribution < 1.29 is 28.6 Å². The first-order chi connectivity index (χ1) is 14.1. The van der Waals surface area contributed by atoms with Crippen LogP contribution in [0.2, 0.25) is 5.02 Å². The minimum atomic E-state index is -0.905. The Labute approximate surface area is 187 Å². The van der Waals surface area contributed by atoms with Crippen molar-refractivity contribution in [3.63, 3.8) is 0 Å². The number of hydrogen-bond acceptors (Lipinski definition) is 7. The normalized spacial score (nSPS) is 13.1. The van der Waals surface area contributed by atoms with Gasteiger partial charge in [0.05, 0.1) is 19.6 Å². The molecule has 0 aliphatic rings. The number of methoxy groups -OCH3 is 1. The lowest BCUT2D eigenvalue weighted by molar-refractivity contribution is -0.147. The average molecular weight is 460 g/mol. The zero-order valence-corrected chi connectivity index (χ0v) is 19.6. The van der Waals surface area contributed by atoms with Crippen molar-refractivity contribution in [1.29, 1.82) is 0 Å². The highest BCUT2D eigenvalue weighted by atomic mass is 35.5. The fraction of sp³-hybridized carbons (Fsp3) is 0.571. The summed E-state index contributed by atoms with van der Waals surface area (Å²) in [6.45, 7) is 7.20. The molecular formula is C21H30ClNO6S. The van der Waals surface area contributed by atoms with Gasteiger partial charge >= 0.3 is 18.0 Å². The van der Waals surface area contributed by atoms with E-state index in [9.17, 15) is 14.4 Å². The predicted octanol–water partition coefficient (Wildman–Crippen LogP) is 3.86. The van der Waals surface area contributed by atoms with E-state index in [2.05, 4.69) is 5.32 Å². The van der Waals surface area contributed by atoms with Gasteiger partial charge < -0.3 is 19.5 Å². The lowest BCUT2D eigenvalue weighted by Crippen LogP contribution is -2.45. The molecule has 168 valence electrons. The molecule has 1 N–H and O–H groups in total. The number of carbonyl (C=O) groups excluding carboxylic acids is 3. The SMILES string of the molecule is CCOC(=O)C(CSCC(NC(=O)OC(C)(C)C)C(=O)OC)Cc1ccccc1Cl. The maximum atomic E-state index is 12.4. The van der Waals surface area contributed by atoms with E-state index in [1.54, 1.807) is 33.8 Å². The quantitative estimate of drug-likeness (QED) is 0.419. The fourth-order valence-electron chi connectivity index (χ4n) is 2.49. The minimum Gasteiger partial charge on any atom is -0.467 e. The van der Waals surface area contributed by atoms with Crippen molar-refractivity contribution in [2.75, 3.05) is 25.2 Å². The van der Waals surface area contributed by atoms with Crippen molar-refractivity contribution in [2.24, 2.45) is 5.92 Å². The second kappa shape index (κ2) is 12.7. The fourth-order valence-corrected chi connectivity index (χ4v) is 3.83. The van der Waals surface area contributed by atoms with Gasteiger partial charge in [0, 0.05) is 16.5 Å². The van der Waals surface area contributed by atoms with E-state index in [1.807, 2.05) is 18.2 Å². The van der Waals surface area contributed by atoms with Crippen LogP contribution in [0.1, 0.15) is 33.3 Å². The first kappa shape index (κ1) is 26.1. The number of esters is 2. The van der Waals surface area contributed by atoms with Gasteiger partial charge in [0.25, 0.3) is 0 Å². The Morgan fingerprint density at radius 1 is 1.13 bits per heavy atom. The summed E-state index contributed by atoms with van der Waals surface area (Å²) in [5.74, 6) is -0.779. The van der Waals surface area contributed by atoms with Crippen LogP contribution in [-0.2, 0) is 30.2 Å². The Morgan fingerprint density at radius 3 is 2.37 bits per heavy atom. The van der Waals surface area contributed by atoms with Crippen LogP contribution in [0.4, 0.5) is 4.79 Å². The molecule has 30 heavy (non-hydrogen) atoms. The van der Waals surface area contributed by atoms with Gasteiger partial charge in [0.2, 0.25) is 0 Å². The number of hydrogen-bond donors (Lipinski definition) is 1. The van der Waals surface area contributed by atoms with E-state index in [0.717, 1.165) is 5.56 Å². The van der Waals surface area contributed by atoms with Crippen LogP contribution in [0.25, 0.3) is 0 Å². The third-order valence-corrected chi connectivity index (χ3v) is 5.40. The van der Waals surface area contributed by atoms with Crippen LogP contribution >= 0.6 is 23.4 Å². The third kappa shape index (κ3) is 9.71. The van der Waals surface area contributed by atoms with E-state index in [-0.39, 0.29) is 18.3 Å². The summed E-state index contributed by atoms with van der Waals surface area (Å²) in [6, 6.07) is 6.40. The van der Waals surface area contributed by atoms with Crippen LogP contribution in [0, 0.1) is 5.92 Å². The molecule has 9 heteroatoms. The molecule has 0 fully saturated rings. The molecule has 0 bridgehead atoms. The lowest BCUT2D eigenvalue weighted by atomic mass is 10.0. The van der Waals surface area contributed by atoms with Crippen LogP contribution in [-0.4, -0.2) is 54.9 Å². The highest BCUT2D eigenvalue weighted by Crippen LogP contribution is 2.22. The first-order valence-electron chi connectivity index (χ1n) is 9.62. The number of halogens is 1. The van der Waals surface area contributed by atoms with Crippen molar-refractivity contribution in [1.82, 2.24) is 5.32 Å². The van der Waals surface area contributed by atoms with Crippen LogP contribution in [0.5, 0.6) is 0 Å². The highest BCUT2D eigenvalue weighted by molar-refractivity contribution is 7.99. The first-order valence-corrected chi connectivity index (χ1v) is 11.2. The number of carbonyl (C=O) groups is 3. The van der Waals surface area contributed by atoms with Crippen molar-refractivity contribution in [3.05, 3.63) is 34.9 Å². The Morgan fingerprint density at radius 2 is 1.80 bits per heavy atom. The van der Waals surface area contributed by atoms with Crippen molar-refractivity contribution >= 4 is 41.4 Å². The lowest BCUT2D eigenvalue weighted by Gasteiger charge is -2.23. The zero-order valence-electron chi connectivity index (χ0n) is 18.0. The van der Waals surface area contributed by atoms with Crippen LogP contribution in [0.15, 0.2) is 24.3 Å². The molecular weight excluding hydrogens is 430 g/mol. The third-order valence-electron chi connectivity index (χ3n) is 3.82. The molecule has 0 aliphatic heterocycles. The van der Waals surface area contributed by atoms with E-state index in [4.69, 9.17) is 25.8 Å². The second-order valence-corrected chi connectivity index (χ2v) is 8.99. The maximum Gasteiger partial charge on any atom is 0.408 e. The highest BCUT2D eigenvalue weighted by Gasteiger charge is 2.27. The number of thioether (sulfide) groups is 1. The Hall–Kier alpha value is -1.93. The van der Waals surface area contributed by atoms with Crippen LogP contribution < -0.4 is 5.32 Å². The van der Waals surface area contributed by atoms with Gasteiger partial charge in [-0.1, -0.05) is 29.8 Å². The number of alkyl carbamates (subject to hydrolysis) is 1. The zero-order chi connectivity index (χ0) is 22.7. The van der Waals surface area contributed by atoms with E-state index in [1.165, 1.54) is 18.9 Å². The number of amides is 1. The van der Waals surface area contributed by atoms with Gasteiger partial charge in [0.1, 0.15) is 11.6 Å². The van der Waals surface area contributed by atoms with E-state index < -0.39 is 29.6 Å². The Balaban J connectivity index is 2.76. The Bertz CT molecular complexity index is 722. The molecule has 0 saturated carbocycles. The molecule has 1 aromatic carbocycles. The number of rotatable bonds is 10. The smallest absolute Gasteiger partial charge is 0.408 e. The molecule has 0 aromatic heterocycles. The predicted molar refractivity (Wildman–Crippen MR) is 118 cm³/mol.